The summed E-state index contributed by atoms with van der Waals surface area (Å²) < 4.78 is 10.4. The fraction of sp³-hybridized carbons (Fsp3) is 0.500. The number of ether oxygens (including phenoxy) is 2. The maximum Gasteiger partial charge on any atom is 0.319 e. The van der Waals surface area contributed by atoms with Crippen LogP contribution < -0.4 is 9.47 Å². The van der Waals surface area contributed by atoms with E-state index in [1.807, 2.05) is 6.92 Å². The Morgan fingerprint density at radius 1 is 1.23 bits per heavy atom. The van der Waals surface area contributed by atoms with Gasteiger partial charge in [-0.3, -0.25) is 0 Å². The smallest absolute Gasteiger partial charge is 0.319 e. The van der Waals surface area contributed by atoms with Crippen molar-refractivity contribution in [2.45, 2.75) is 32.6 Å². The molecule has 0 aliphatic heterocycles. The second kappa shape index (κ2) is 5.87. The Morgan fingerprint density at radius 3 is 2.68 bits per heavy atom. The Bertz CT molecular complexity index is 690. The predicted octanol–water partition coefficient (Wildman–Crippen LogP) is 2.77. The van der Waals surface area contributed by atoms with Gasteiger partial charge in [-0.15, -0.1) is 5.10 Å². The van der Waals surface area contributed by atoms with Gasteiger partial charge < -0.3 is 9.47 Å². The van der Waals surface area contributed by atoms with Gasteiger partial charge in [0.15, 0.2) is 0 Å². The Kier molecular flexibility index (Phi) is 3.92. The fourth-order valence-corrected chi connectivity index (χ4v) is 2.83. The molecule has 1 aliphatic carbocycles. The van der Waals surface area contributed by atoms with Gasteiger partial charge in [-0.05, 0) is 36.8 Å². The van der Waals surface area contributed by atoms with Crippen molar-refractivity contribution in [1.82, 2.24) is 20.2 Å². The number of nitrogens with zero attached hydrogens (tertiary/aromatic N) is 4. The summed E-state index contributed by atoms with van der Waals surface area (Å²) in [7, 11) is 3.10. The van der Waals surface area contributed by atoms with Crippen molar-refractivity contribution in [3.8, 4) is 23.1 Å². The molecule has 1 saturated carbocycles. The number of hydrogen-bond acceptors (Lipinski definition) is 6. The zero-order valence-corrected chi connectivity index (χ0v) is 13.3. The van der Waals surface area contributed by atoms with E-state index in [4.69, 9.17) is 9.47 Å². The molecule has 0 spiro atoms. The first kappa shape index (κ1) is 14.7. The lowest BCUT2D eigenvalue weighted by Gasteiger charge is -2.10. The average Bonchev–Trinajstić information content (AvgIpc) is 3.34. The lowest BCUT2D eigenvalue weighted by molar-refractivity contribution is 0.353. The molecule has 2 aromatic rings. The predicted molar refractivity (Wildman–Crippen MR) is 82.0 cm³/mol. The van der Waals surface area contributed by atoms with Gasteiger partial charge >= 0.3 is 6.01 Å². The average molecular weight is 300 g/mol. The van der Waals surface area contributed by atoms with Crippen LogP contribution >= 0.6 is 0 Å². The number of methoxy groups -OCH3 is 2. The van der Waals surface area contributed by atoms with E-state index in [-0.39, 0.29) is 6.01 Å². The highest BCUT2D eigenvalue weighted by Gasteiger charge is 2.38. The number of hydrogen-bond donors (Lipinski definition) is 0. The van der Waals surface area contributed by atoms with Gasteiger partial charge in [0.25, 0.3) is 0 Å². The molecule has 116 valence electrons. The van der Waals surface area contributed by atoms with Crippen LogP contribution in [0, 0.1) is 12.8 Å². The Morgan fingerprint density at radius 2 is 2.05 bits per heavy atom. The van der Waals surface area contributed by atoms with Crippen LogP contribution in [0.25, 0.3) is 11.3 Å². The summed E-state index contributed by atoms with van der Waals surface area (Å²) in [5, 5.41) is 8.59. The lowest BCUT2D eigenvalue weighted by atomic mass is 10.0. The van der Waals surface area contributed by atoms with Crippen LogP contribution in [0.3, 0.4) is 0 Å². The lowest BCUT2D eigenvalue weighted by Crippen LogP contribution is -2.01. The molecule has 2 unspecified atom stereocenters. The van der Waals surface area contributed by atoms with Crippen LogP contribution in [0.5, 0.6) is 11.9 Å². The molecule has 0 N–H and O–H groups in total. The van der Waals surface area contributed by atoms with E-state index in [1.54, 1.807) is 13.3 Å². The summed E-state index contributed by atoms with van der Waals surface area (Å²) in [6.07, 6.45) is 4.10. The molecule has 2 heterocycles. The van der Waals surface area contributed by atoms with Gasteiger partial charge in [0.1, 0.15) is 5.69 Å². The van der Waals surface area contributed by atoms with Gasteiger partial charge in [0.2, 0.25) is 5.88 Å². The second-order valence-electron chi connectivity index (χ2n) is 5.56. The number of aryl methyl sites for hydroxylation is 1. The van der Waals surface area contributed by atoms with E-state index < -0.39 is 0 Å². The molecule has 1 fully saturated rings. The third-order valence-corrected chi connectivity index (χ3v) is 4.25. The summed E-state index contributed by atoms with van der Waals surface area (Å²) in [6.45, 7) is 4.24. The van der Waals surface area contributed by atoms with Crippen LogP contribution in [0.4, 0.5) is 0 Å². The van der Waals surface area contributed by atoms with E-state index in [0.29, 0.717) is 11.8 Å². The molecule has 6 heteroatoms. The minimum Gasteiger partial charge on any atom is -0.480 e. The molecular weight excluding hydrogens is 280 g/mol. The van der Waals surface area contributed by atoms with E-state index in [9.17, 15) is 0 Å². The molecule has 2 atom stereocenters. The Hall–Kier alpha value is -2.24. The van der Waals surface area contributed by atoms with Gasteiger partial charge in [0, 0.05) is 6.20 Å². The number of rotatable bonds is 5. The largest absolute Gasteiger partial charge is 0.480 e. The molecule has 0 saturated heterocycles. The van der Waals surface area contributed by atoms with Crippen LogP contribution in [-0.2, 0) is 0 Å². The SMILES string of the molecule is CCC1CC1c1cc(-c2cnc(OC)nc2OC)nnc1C. The Labute approximate surface area is 129 Å². The van der Waals surface area contributed by atoms with Crippen molar-refractivity contribution in [2.75, 3.05) is 14.2 Å². The van der Waals surface area contributed by atoms with Crippen molar-refractivity contribution >= 4 is 0 Å². The normalized spacial score (nSPS) is 19.8. The minimum absolute atomic E-state index is 0.272. The monoisotopic (exact) mass is 300 g/mol. The van der Waals surface area contributed by atoms with Crippen LogP contribution in [0.1, 0.15) is 36.9 Å². The third kappa shape index (κ3) is 2.61. The molecule has 3 rings (SSSR count). The molecule has 0 radical (unpaired) electrons. The van der Waals surface area contributed by atoms with Gasteiger partial charge in [-0.1, -0.05) is 13.3 Å². The molecular formula is C16H20N4O2. The number of aromatic nitrogens is 4. The molecule has 22 heavy (non-hydrogen) atoms. The highest BCUT2D eigenvalue weighted by Crippen LogP contribution is 2.50. The first-order chi connectivity index (χ1) is 10.7. The van der Waals surface area contributed by atoms with Gasteiger partial charge in [-0.2, -0.15) is 10.1 Å². The van der Waals surface area contributed by atoms with Crippen LogP contribution in [-0.4, -0.2) is 34.4 Å². The first-order valence-corrected chi connectivity index (χ1v) is 7.47. The quantitative estimate of drug-likeness (QED) is 0.845. The van der Waals surface area contributed by atoms with Crippen LogP contribution in [0.2, 0.25) is 0 Å². The molecule has 0 bridgehead atoms. The van der Waals surface area contributed by atoms with Crippen molar-refractivity contribution in [1.29, 1.82) is 0 Å². The highest BCUT2D eigenvalue weighted by atomic mass is 16.5. The van der Waals surface area contributed by atoms with Crippen molar-refractivity contribution in [3.05, 3.63) is 23.5 Å². The zero-order chi connectivity index (χ0) is 15.7. The molecule has 1 aliphatic rings. The van der Waals surface area contributed by atoms with E-state index in [2.05, 4.69) is 33.2 Å². The molecule has 0 amide bonds. The van der Waals surface area contributed by atoms with E-state index in [1.165, 1.54) is 25.5 Å². The third-order valence-electron chi connectivity index (χ3n) is 4.25. The van der Waals surface area contributed by atoms with Gasteiger partial charge in [0.05, 0.1) is 25.5 Å². The van der Waals surface area contributed by atoms with E-state index in [0.717, 1.165) is 22.9 Å². The summed E-state index contributed by atoms with van der Waals surface area (Å²) in [6, 6.07) is 2.37. The Balaban J connectivity index is 2.00. The first-order valence-electron chi connectivity index (χ1n) is 7.47. The molecule has 0 aromatic carbocycles. The standard InChI is InChI=1S/C16H20N4O2/c1-5-10-6-12(10)11-7-14(20-19-9(11)2)13-8-17-16(22-4)18-15(13)21-3/h7-8,10,12H,5-6H2,1-4H3. The topological polar surface area (TPSA) is 70.0 Å². The maximum atomic E-state index is 5.33. The fourth-order valence-electron chi connectivity index (χ4n) is 2.83. The summed E-state index contributed by atoms with van der Waals surface area (Å²) in [5.74, 6) is 1.81. The summed E-state index contributed by atoms with van der Waals surface area (Å²) >= 11 is 0. The van der Waals surface area contributed by atoms with Crippen molar-refractivity contribution < 1.29 is 9.47 Å². The van der Waals surface area contributed by atoms with Gasteiger partial charge in [-0.25, -0.2) is 4.98 Å². The summed E-state index contributed by atoms with van der Waals surface area (Å²) in [5.41, 5.74) is 3.74. The molecule has 2 aromatic heterocycles. The van der Waals surface area contributed by atoms with Crippen LogP contribution in [0.15, 0.2) is 12.3 Å². The summed E-state index contributed by atoms with van der Waals surface area (Å²) in [4.78, 5) is 8.35. The molecule has 6 nitrogen and oxygen atoms in total. The van der Waals surface area contributed by atoms with Crippen molar-refractivity contribution in [3.63, 3.8) is 0 Å². The highest BCUT2D eigenvalue weighted by molar-refractivity contribution is 5.64. The zero-order valence-electron chi connectivity index (χ0n) is 13.3. The van der Waals surface area contributed by atoms with E-state index >= 15 is 0 Å². The van der Waals surface area contributed by atoms with Crippen molar-refractivity contribution in [2.24, 2.45) is 5.92 Å². The maximum absolute atomic E-state index is 5.33. The minimum atomic E-state index is 0.272. The second-order valence-corrected chi connectivity index (χ2v) is 5.56.